The number of nitrogens with one attached hydrogen (secondary N) is 1. The first kappa shape index (κ1) is 15.3. The number of benzene rings is 1. The van der Waals surface area contributed by atoms with E-state index >= 15 is 0 Å². The highest BCUT2D eigenvalue weighted by Gasteiger charge is 2.19. The SMILES string of the molecule is CC(C)c1ccc(NC(=O)CN2CCc3sccc3C2)cc1. The third-order valence-electron chi connectivity index (χ3n) is 4.12. The number of rotatable bonds is 4. The van der Waals surface area contributed by atoms with Crippen molar-refractivity contribution in [1.29, 1.82) is 0 Å². The van der Waals surface area contributed by atoms with Crippen LogP contribution in [0.5, 0.6) is 0 Å². The third-order valence-corrected chi connectivity index (χ3v) is 5.14. The van der Waals surface area contributed by atoms with Gasteiger partial charge in [-0.1, -0.05) is 26.0 Å². The van der Waals surface area contributed by atoms with Gasteiger partial charge >= 0.3 is 0 Å². The molecule has 22 heavy (non-hydrogen) atoms. The Labute approximate surface area is 136 Å². The molecule has 1 aliphatic heterocycles. The molecule has 3 rings (SSSR count). The Bertz CT molecular complexity index is 645. The molecule has 0 unspecified atom stereocenters. The molecule has 0 bridgehead atoms. The maximum Gasteiger partial charge on any atom is 0.238 e. The first-order valence-corrected chi connectivity index (χ1v) is 8.67. The highest BCUT2D eigenvalue weighted by Crippen LogP contribution is 2.24. The van der Waals surface area contributed by atoms with E-state index < -0.39 is 0 Å². The molecule has 116 valence electrons. The van der Waals surface area contributed by atoms with Gasteiger partial charge in [-0.3, -0.25) is 9.69 Å². The number of anilines is 1. The number of hydrogen-bond acceptors (Lipinski definition) is 3. The van der Waals surface area contributed by atoms with Crippen LogP contribution < -0.4 is 5.32 Å². The van der Waals surface area contributed by atoms with Gasteiger partial charge in [0, 0.05) is 23.7 Å². The topological polar surface area (TPSA) is 32.3 Å². The van der Waals surface area contributed by atoms with Gasteiger partial charge in [-0.05, 0) is 47.0 Å². The highest BCUT2D eigenvalue weighted by molar-refractivity contribution is 7.10. The summed E-state index contributed by atoms with van der Waals surface area (Å²) < 4.78 is 0. The number of fused-ring (bicyclic) bond motifs is 1. The van der Waals surface area contributed by atoms with Crippen LogP contribution in [0.3, 0.4) is 0 Å². The molecule has 1 aromatic heterocycles. The van der Waals surface area contributed by atoms with E-state index in [0.717, 1.165) is 25.2 Å². The van der Waals surface area contributed by atoms with E-state index in [1.54, 1.807) is 0 Å². The molecule has 0 radical (unpaired) electrons. The van der Waals surface area contributed by atoms with E-state index in [1.165, 1.54) is 16.0 Å². The summed E-state index contributed by atoms with van der Waals surface area (Å²) in [6, 6.07) is 10.3. The lowest BCUT2D eigenvalue weighted by molar-refractivity contribution is -0.117. The van der Waals surface area contributed by atoms with Crippen LogP contribution >= 0.6 is 11.3 Å². The zero-order valence-corrected chi connectivity index (χ0v) is 14.0. The van der Waals surface area contributed by atoms with Crippen molar-refractivity contribution in [3.05, 3.63) is 51.7 Å². The minimum absolute atomic E-state index is 0.0657. The molecule has 0 spiro atoms. The number of thiophene rings is 1. The minimum atomic E-state index is 0.0657. The van der Waals surface area contributed by atoms with Crippen molar-refractivity contribution in [3.8, 4) is 0 Å². The predicted octanol–water partition coefficient (Wildman–Crippen LogP) is 3.87. The quantitative estimate of drug-likeness (QED) is 0.929. The van der Waals surface area contributed by atoms with E-state index in [0.29, 0.717) is 12.5 Å². The Morgan fingerprint density at radius 3 is 2.77 bits per heavy atom. The molecule has 4 heteroatoms. The lowest BCUT2D eigenvalue weighted by Crippen LogP contribution is -2.36. The van der Waals surface area contributed by atoms with Crippen molar-refractivity contribution in [3.63, 3.8) is 0 Å². The molecule has 1 N–H and O–H groups in total. The molecule has 0 saturated heterocycles. The van der Waals surface area contributed by atoms with E-state index in [2.05, 4.69) is 47.6 Å². The molecular formula is C18H22N2OS. The zero-order valence-electron chi connectivity index (χ0n) is 13.1. The molecule has 0 aliphatic carbocycles. The summed E-state index contributed by atoms with van der Waals surface area (Å²) in [5.74, 6) is 0.578. The number of amides is 1. The second kappa shape index (κ2) is 6.63. The van der Waals surface area contributed by atoms with Crippen LogP contribution in [-0.2, 0) is 17.8 Å². The lowest BCUT2D eigenvalue weighted by Gasteiger charge is -2.26. The Morgan fingerprint density at radius 1 is 1.27 bits per heavy atom. The normalized spacial score (nSPS) is 14.9. The maximum absolute atomic E-state index is 12.2. The Morgan fingerprint density at radius 2 is 2.05 bits per heavy atom. The number of hydrogen-bond donors (Lipinski definition) is 1. The maximum atomic E-state index is 12.2. The summed E-state index contributed by atoms with van der Waals surface area (Å²) >= 11 is 1.83. The largest absolute Gasteiger partial charge is 0.325 e. The van der Waals surface area contributed by atoms with Crippen molar-refractivity contribution >= 4 is 22.9 Å². The average molecular weight is 314 g/mol. The molecule has 2 aromatic rings. The number of carbonyl (C=O) groups excluding carboxylic acids is 1. The third kappa shape index (κ3) is 3.57. The summed E-state index contributed by atoms with van der Waals surface area (Å²) in [5, 5.41) is 5.14. The van der Waals surface area contributed by atoms with Gasteiger partial charge in [0.2, 0.25) is 5.91 Å². The molecule has 3 nitrogen and oxygen atoms in total. The Kier molecular flexibility index (Phi) is 4.60. The monoisotopic (exact) mass is 314 g/mol. The number of nitrogens with zero attached hydrogens (tertiary/aromatic N) is 1. The fourth-order valence-corrected chi connectivity index (χ4v) is 3.69. The summed E-state index contributed by atoms with van der Waals surface area (Å²) in [6.07, 6.45) is 1.06. The molecule has 0 atom stereocenters. The van der Waals surface area contributed by atoms with Crippen molar-refractivity contribution in [1.82, 2.24) is 4.90 Å². The molecule has 0 fully saturated rings. The lowest BCUT2D eigenvalue weighted by atomic mass is 10.0. The Hall–Kier alpha value is -1.65. The molecule has 1 aromatic carbocycles. The highest BCUT2D eigenvalue weighted by atomic mass is 32.1. The molecule has 1 amide bonds. The van der Waals surface area contributed by atoms with Crippen LogP contribution in [0.4, 0.5) is 5.69 Å². The van der Waals surface area contributed by atoms with Crippen LogP contribution in [0.2, 0.25) is 0 Å². The van der Waals surface area contributed by atoms with E-state index in [4.69, 9.17) is 0 Å². The van der Waals surface area contributed by atoms with Crippen LogP contribution in [0, 0.1) is 0 Å². The fraction of sp³-hybridized carbons (Fsp3) is 0.389. The summed E-state index contributed by atoms with van der Waals surface area (Å²) in [6.45, 7) is 6.65. The standard InChI is InChI=1S/C18H22N2OS/c1-13(2)14-3-5-16(6-4-14)19-18(21)12-20-9-7-17-15(11-20)8-10-22-17/h3-6,8,10,13H,7,9,11-12H2,1-2H3,(H,19,21). The van der Waals surface area contributed by atoms with Gasteiger partial charge < -0.3 is 5.32 Å². The average Bonchev–Trinajstić information content (AvgIpc) is 2.95. The summed E-state index contributed by atoms with van der Waals surface area (Å²) in [5.41, 5.74) is 3.55. The van der Waals surface area contributed by atoms with Gasteiger partial charge in [-0.25, -0.2) is 0 Å². The van der Waals surface area contributed by atoms with Gasteiger partial charge in [-0.15, -0.1) is 11.3 Å². The predicted molar refractivity (Wildman–Crippen MR) is 92.5 cm³/mol. The van der Waals surface area contributed by atoms with Gasteiger partial charge in [0.1, 0.15) is 0 Å². The van der Waals surface area contributed by atoms with Crippen LogP contribution in [0.1, 0.15) is 35.8 Å². The molecule has 1 aliphatic rings. The minimum Gasteiger partial charge on any atom is -0.325 e. The molecule has 2 heterocycles. The fourth-order valence-electron chi connectivity index (χ4n) is 2.80. The number of carbonyl (C=O) groups is 1. The van der Waals surface area contributed by atoms with E-state index in [1.807, 2.05) is 23.5 Å². The molecular weight excluding hydrogens is 292 g/mol. The van der Waals surface area contributed by atoms with E-state index in [9.17, 15) is 4.79 Å². The van der Waals surface area contributed by atoms with Crippen LogP contribution in [0.15, 0.2) is 35.7 Å². The summed E-state index contributed by atoms with van der Waals surface area (Å²) in [7, 11) is 0. The van der Waals surface area contributed by atoms with Crippen LogP contribution in [-0.4, -0.2) is 23.9 Å². The van der Waals surface area contributed by atoms with Gasteiger partial charge in [-0.2, -0.15) is 0 Å². The van der Waals surface area contributed by atoms with Crippen molar-refractivity contribution < 1.29 is 4.79 Å². The zero-order chi connectivity index (χ0) is 15.5. The first-order chi connectivity index (χ1) is 10.6. The van der Waals surface area contributed by atoms with Crippen molar-refractivity contribution in [2.75, 3.05) is 18.4 Å². The second-order valence-corrected chi connectivity index (χ2v) is 7.16. The van der Waals surface area contributed by atoms with Crippen LogP contribution in [0.25, 0.3) is 0 Å². The summed E-state index contributed by atoms with van der Waals surface area (Å²) in [4.78, 5) is 15.9. The molecule has 0 saturated carbocycles. The smallest absolute Gasteiger partial charge is 0.238 e. The van der Waals surface area contributed by atoms with Crippen molar-refractivity contribution in [2.24, 2.45) is 0 Å². The first-order valence-electron chi connectivity index (χ1n) is 7.79. The van der Waals surface area contributed by atoms with E-state index in [-0.39, 0.29) is 5.91 Å². The van der Waals surface area contributed by atoms with Gasteiger partial charge in [0.05, 0.1) is 6.54 Å². The van der Waals surface area contributed by atoms with Crippen molar-refractivity contribution in [2.45, 2.75) is 32.7 Å². The van der Waals surface area contributed by atoms with Gasteiger partial charge in [0.15, 0.2) is 0 Å². The second-order valence-electron chi connectivity index (χ2n) is 6.15. The Balaban J connectivity index is 1.54. The van der Waals surface area contributed by atoms with Gasteiger partial charge in [0.25, 0.3) is 0 Å².